The van der Waals surface area contributed by atoms with Crippen LogP contribution in [0.4, 0.5) is 0 Å². The molecule has 2 aromatic heterocycles. The van der Waals surface area contributed by atoms with Crippen LogP contribution in [0.3, 0.4) is 0 Å². The summed E-state index contributed by atoms with van der Waals surface area (Å²) in [5.41, 5.74) is 4.06. The van der Waals surface area contributed by atoms with Gasteiger partial charge in [0, 0.05) is 40.7 Å². The quantitative estimate of drug-likeness (QED) is 0.484. The normalized spacial score (nSPS) is 12.0. The number of nitrogens with zero attached hydrogens (tertiary/aromatic N) is 1. The molecule has 0 bridgehead atoms. The molecule has 2 heterocycles. The molecule has 4 aromatic rings. The van der Waals surface area contributed by atoms with Crippen molar-refractivity contribution in [2.45, 2.75) is 18.9 Å². The van der Waals surface area contributed by atoms with Gasteiger partial charge >= 0.3 is 0 Å². The van der Waals surface area contributed by atoms with Crippen LogP contribution in [-0.2, 0) is 11.3 Å². The Morgan fingerprint density at radius 3 is 2.61 bits per heavy atom. The number of carbonyl (C=O) groups excluding carboxylic acids is 1. The van der Waals surface area contributed by atoms with Gasteiger partial charge < -0.3 is 10.3 Å². The predicted octanol–water partition coefficient (Wildman–Crippen LogP) is 5.05. The molecule has 28 heavy (non-hydrogen) atoms. The number of hydrogen-bond acceptors (Lipinski definition) is 2. The lowest BCUT2D eigenvalue weighted by Gasteiger charge is -2.17. The Morgan fingerprint density at radius 1 is 1.04 bits per heavy atom. The largest absolute Gasteiger partial charge is 0.361 e. The van der Waals surface area contributed by atoms with E-state index in [0.717, 1.165) is 27.7 Å². The first-order valence-electron chi connectivity index (χ1n) is 9.19. The van der Waals surface area contributed by atoms with Crippen molar-refractivity contribution in [1.29, 1.82) is 0 Å². The first-order chi connectivity index (χ1) is 13.7. The summed E-state index contributed by atoms with van der Waals surface area (Å²) in [4.78, 5) is 20.3. The minimum absolute atomic E-state index is 0.0177. The van der Waals surface area contributed by atoms with Crippen LogP contribution in [0.25, 0.3) is 10.9 Å². The van der Waals surface area contributed by atoms with Crippen molar-refractivity contribution in [2.75, 3.05) is 0 Å². The van der Waals surface area contributed by atoms with E-state index < -0.39 is 0 Å². The van der Waals surface area contributed by atoms with Gasteiger partial charge in [-0.3, -0.25) is 9.78 Å². The molecule has 1 atom stereocenters. The van der Waals surface area contributed by atoms with E-state index in [4.69, 9.17) is 11.6 Å². The van der Waals surface area contributed by atoms with Gasteiger partial charge in [-0.2, -0.15) is 0 Å². The van der Waals surface area contributed by atoms with E-state index in [9.17, 15) is 4.79 Å². The van der Waals surface area contributed by atoms with E-state index in [-0.39, 0.29) is 11.8 Å². The molecule has 0 unspecified atom stereocenters. The summed E-state index contributed by atoms with van der Waals surface area (Å²) in [7, 11) is 0. The Bertz CT molecular complexity index is 1070. The molecule has 2 N–H and O–H groups in total. The van der Waals surface area contributed by atoms with Crippen LogP contribution >= 0.6 is 11.6 Å². The molecule has 0 aliphatic heterocycles. The average molecular weight is 390 g/mol. The monoisotopic (exact) mass is 389 g/mol. The summed E-state index contributed by atoms with van der Waals surface area (Å²) in [6.07, 6.45) is 4.07. The standard InChI is InChI=1S/C23H20ClN3O/c24-17-10-8-16(9-11-17)20(21-15-26-22-7-2-1-6-19(21)22)13-23(28)27-14-18-5-3-4-12-25-18/h1-12,15,20,26H,13-14H2,(H,27,28)/t20-/m0/s1. The van der Waals surface area contributed by atoms with Gasteiger partial charge in [0.2, 0.25) is 5.91 Å². The Morgan fingerprint density at radius 2 is 1.82 bits per heavy atom. The van der Waals surface area contributed by atoms with Gasteiger partial charge in [0.1, 0.15) is 0 Å². The van der Waals surface area contributed by atoms with Gasteiger partial charge in [0.25, 0.3) is 0 Å². The summed E-state index contributed by atoms with van der Waals surface area (Å²) in [5.74, 6) is -0.0898. The maximum absolute atomic E-state index is 12.7. The van der Waals surface area contributed by atoms with E-state index in [1.807, 2.05) is 66.9 Å². The van der Waals surface area contributed by atoms with Gasteiger partial charge in [0.05, 0.1) is 12.2 Å². The highest BCUT2D eigenvalue weighted by molar-refractivity contribution is 6.30. The molecular formula is C23H20ClN3O. The number of pyridine rings is 1. The second-order valence-corrected chi connectivity index (χ2v) is 7.13. The van der Waals surface area contributed by atoms with E-state index in [2.05, 4.69) is 21.4 Å². The highest BCUT2D eigenvalue weighted by Gasteiger charge is 2.21. The topological polar surface area (TPSA) is 57.8 Å². The molecule has 1 amide bonds. The molecule has 0 saturated carbocycles. The van der Waals surface area contributed by atoms with Crippen molar-refractivity contribution in [1.82, 2.24) is 15.3 Å². The van der Waals surface area contributed by atoms with Crippen molar-refractivity contribution in [2.24, 2.45) is 0 Å². The highest BCUT2D eigenvalue weighted by Crippen LogP contribution is 2.33. The number of aromatic nitrogens is 2. The van der Waals surface area contributed by atoms with Crippen LogP contribution < -0.4 is 5.32 Å². The van der Waals surface area contributed by atoms with Crippen LogP contribution in [0.5, 0.6) is 0 Å². The third kappa shape index (κ3) is 4.07. The number of nitrogens with one attached hydrogen (secondary N) is 2. The fraction of sp³-hybridized carbons (Fsp3) is 0.130. The number of H-pyrrole nitrogens is 1. The zero-order valence-electron chi connectivity index (χ0n) is 15.2. The molecule has 0 fully saturated rings. The van der Waals surface area contributed by atoms with Crippen LogP contribution in [0.15, 0.2) is 79.1 Å². The molecule has 0 aliphatic rings. The molecule has 5 heteroatoms. The number of carbonyl (C=O) groups is 1. The summed E-state index contributed by atoms with van der Waals surface area (Å²) in [6, 6.07) is 21.5. The third-order valence-corrected chi connectivity index (χ3v) is 5.10. The van der Waals surface area contributed by atoms with E-state index >= 15 is 0 Å². The van der Waals surface area contributed by atoms with Crippen molar-refractivity contribution < 1.29 is 4.79 Å². The van der Waals surface area contributed by atoms with Crippen LogP contribution in [0.2, 0.25) is 5.02 Å². The highest BCUT2D eigenvalue weighted by atomic mass is 35.5. The molecule has 0 aliphatic carbocycles. The predicted molar refractivity (Wildman–Crippen MR) is 112 cm³/mol. The Labute approximate surface area is 168 Å². The lowest BCUT2D eigenvalue weighted by Crippen LogP contribution is -2.25. The number of fused-ring (bicyclic) bond motifs is 1. The molecule has 0 saturated heterocycles. The van der Waals surface area contributed by atoms with Crippen LogP contribution in [0, 0.1) is 0 Å². The SMILES string of the molecule is O=C(C[C@@H](c1ccc(Cl)cc1)c1c[nH]c2ccccc12)NCc1ccccn1. The smallest absolute Gasteiger partial charge is 0.221 e. The van der Waals surface area contributed by atoms with Gasteiger partial charge in [0.15, 0.2) is 0 Å². The van der Waals surface area contributed by atoms with E-state index in [1.165, 1.54) is 0 Å². The summed E-state index contributed by atoms with van der Waals surface area (Å²) >= 11 is 6.07. The number of hydrogen-bond donors (Lipinski definition) is 2. The second-order valence-electron chi connectivity index (χ2n) is 6.70. The van der Waals surface area contributed by atoms with Gasteiger partial charge in [-0.25, -0.2) is 0 Å². The number of amides is 1. The number of benzene rings is 2. The molecule has 0 radical (unpaired) electrons. The Hall–Kier alpha value is -3.11. The summed E-state index contributed by atoms with van der Waals surface area (Å²) < 4.78 is 0. The van der Waals surface area contributed by atoms with E-state index in [1.54, 1.807) is 6.20 Å². The fourth-order valence-corrected chi connectivity index (χ4v) is 3.56. The van der Waals surface area contributed by atoms with Crippen molar-refractivity contribution in [3.05, 3.63) is 101 Å². The lowest BCUT2D eigenvalue weighted by atomic mass is 9.88. The van der Waals surface area contributed by atoms with Crippen LogP contribution in [0.1, 0.15) is 29.2 Å². The van der Waals surface area contributed by atoms with Crippen molar-refractivity contribution in [3.8, 4) is 0 Å². The molecular weight excluding hydrogens is 370 g/mol. The Kier molecular flexibility index (Phi) is 5.40. The molecule has 2 aromatic carbocycles. The maximum Gasteiger partial charge on any atom is 0.221 e. The zero-order valence-corrected chi connectivity index (χ0v) is 16.0. The average Bonchev–Trinajstić information content (AvgIpc) is 3.16. The first-order valence-corrected chi connectivity index (χ1v) is 9.56. The fourth-order valence-electron chi connectivity index (χ4n) is 3.43. The summed E-state index contributed by atoms with van der Waals surface area (Å²) in [6.45, 7) is 0.418. The molecule has 4 rings (SSSR count). The lowest BCUT2D eigenvalue weighted by molar-refractivity contribution is -0.121. The van der Waals surface area contributed by atoms with Crippen molar-refractivity contribution in [3.63, 3.8) is 0 Å². The number of rotatable bonds is 6. The first kappa shape index (κ1) is 18.3. The molecule has 4 nitrogen and oxygen atoms in total. The number of halogens is 1. The van der Waals surface area contributed by atoms with Crippen molar-refractivity contribution >= 4 is 28.4 Å². The zero-order chi connectivity index (χ0) is 19.3. The molecule has 0 spiro atoms. The maximum atomic E-state index is 12.7. The number of aromatic amines is 1. The van der Waals surface area contributed by atoms with Crippen LogP contribution in [-0.4, -0.2) is 15.9 Å². The number of para-hydroxylation sites is 1. The van der Waals surface area contributed by atoms with E-state index in [0.29, 0.717) is 18.0 Å². The summed E-state index contributed by atoms with van der Waals surface area (Å²) in [5, 5.41) is 4.79. The minimum Gasteiger partial charge on any atom is -0.361 e. The second kappa shape index (κ2) is 8.28. The molecule has 140 valence electrons. The van der Waals surface area contributed by atoms with Gasteiger partial charge in [-0.05, 0) is 41.5 Å². The van der Waals surface area contributed by atoms with Gasteiger partial charge in [-0.1, -0.05) is 48.0 Å². The Balaban J connectivity index is 1.60. The third-order valence-electron chi connectivity index (χ3n) is 4.85. The van der Waals surface area contributed by atoms with Gasteiger partial charge in [-0.15, -0.1) is 0 Å². The minimum atomic E-state index is -0.0721.